The Bertz CT molecular complexity index is 1240. The number of rotatable bonds is 7. The number of amides is 1. The quantitative estimate of drug-likeness (QED) is 0.422. The van der Waals surface area contributed by atoms with Gasteiger partial charge in [0.25, 0.3) is 5.91 Å². The second-order valence-corrected chi connectivity index (χ2v) is 8.24. The summed E-state index contributed by atoms with van der Waals surface area (Å²) in [7, 11) is 0. The van der Waals surface area contributed by atoms with E-state index in [9.17, 15) is 4.79 Å². The van der Waals surface area contributed by atoms with Gasteiger partial charge in [-0.1, -0.05) is 48.0 Å². The summed E-state index contributed by atoms with van der Waals surface area (Å²) < 4.78 is 8.30. The molecule has 32 heavy (non-hydrogen) atoms. The lowest BCUT2D eigenvalue weighted by atomic mass is 10.1. The number of aryl methyl sites for hydroxylation is 3. The predicted molar refractivity (Wildman–Crippen MR) is 128 cm³/mol. The molecule has 0 aliphatic rings. The van der Waals surface area contributed by atoms with Crippen LogP contribution in [-0.2, 0) is 6.54 Å². The van der Waals surface area contributed by atoms with Gasteiger partial charge in [-0.2, -0.15) is 0 Å². The molecule has 0 bridgehead atoms. The summed E-state index contributed by atoms with van der Waals surface area (Å²) in [6.45, 7) is 9.21. The SMILES string of the molecule is Cc1cccc(C(=O)NC(C)c2nc3ccccc3n2CCOc2c(C)cccc2C)c1. The van der Waals surface area contributed by atoms with Crippen LogP contribution in [0.2, 0.25) is 0 Å². The molecule has 0 aliphatic heterocycles. The summed E-state index contributed by atoms with van der Waals surface area (Å²) >= 11 is 0. The molecule has 0 fully saturated rings. The molecule has 1 atom stereocenters. The van der Waals surface area contributed by atoms with Crippen LogP contribution in [0.25, 0.3) is 11.0 Å². The van der Waals surface area contributed by atoms with E-state index in [4.69, 9.17) is 9.72 Å². The van der Waals surface area contributed by atoms with E-state index in [1.165, 1.54) is 0 Å². The highest BCUT2D eigenvalue weighted by atomic mass is 16.5. The fourth-order valence-corrected chi connectivity index (χ4v) is 4.06. The second-order valence-electron chi connectivity index (χ2n) is 8.24. The first kappa shape index (κ1) is 21.6. The molecule has 0 spiro atoms. The summed E-state index contributed by atoms with van der Waals surface area (Å²) in [6, 6.07) is 21.5. The minimum absolute atomic E-state index is 0.105. The molecule has 5 nitrogen and oxygen atoms in total. The Morgan fingerprint density at radius 1 is 1.00 bits per heavy atom. The number of para-hydroxylation sites is 3. The third-order valence-electron chi connectivity index (χ3n) is 5.67. The van der Waals surface area contributed by atoms with Crippen LogP contribution < -0.4 is 10.1 Å². The molecular formula is C27H29N3O2. The molecule has 1 heterocycles. The van der Waals surface area contributed by atoms with Crippen LogP contribution in [0.1, 0.15) is 45.8 Å². The van der Waals surface area contributed by atoms with Gasteiger partial charge in [0.2, 0.25) is 0 Å². The first-order valence-corrected chi connectivity index (χ1v) is 11.0. The molecule has 0 radical (unpaired) electrons. The molecule has 3 aromatic carbocycles. The Morgan fingerprint density at radius 2 is 1.72 bits per heavy atom. The second kappa shape index (κ2) is 9.27. The van der Waals surface area contributed by atoms with E-state index in [-0.39, 0.29) is 11.9 Å². The Hall–Kier alpha value is -3.60. The number of hydrogen-bond donors (Lipinski definition) is 1. The summed E-state index contributed by atoms with van der Waals surface area (Å²) in [6.07, 6.45) is 0. The topological polar surface area (TPSA) is 56.2 Å². The van der Waals surface area contributed by atoms with E-state index in [0.717, 1.165) is 39.3 Å². The van der Waals surface area contributed by atoms with Gasteiger partial charge >= 0.3 is 0 Å². The molecule has 1 unspecified atom stereocenters. The van der Waals surface area contributed by atoms with Crippen LogP contribution >= 0.6 is 0 Å². The predicted octanol–water partition coefficient (Wildman–Crippen LogP) is 5.53. The van der Waals surface area contributed by atoms with Crippen LogP contribution in [-0.4, -0.2) is 22.1 Å². The van der Waals surface area contributed by atoms with Crippen LogP contribution in [0.15, 0.2) is 66.7 Å². The number of imidazole rings is 1. The normalized spacial score (nSPS) is 12.0. The average Bonchev–Trinajstić information content (AvgIpc) is 3.14. The van der Waals surface area contributed by atoms with Crippen molar-refractivity contribution in [3.63, 3.8) is 0 Å². The number of hydrogen-bond acceptors (Lipinski definition) is 3. The summed E-state index contributed by atoms with van der Waals surface area (Å²) in [5.41, 5.74) is 5.90. The Balaban J connectivity index is 1.56. The third kappa shape index (κ3) is 4.52. The zero-order valence-electron chi connectivity index (χ0n) is 19.1. The van der Waals surface area contributed by atoms with E-state index in [0.29, 0.717) is 18.7 Å². The van der Waals surface area contributed by atoms with Gasteiger partial charge in [0.05, 0.1) is 23.6 Å². The number of aromatic nitrogens is 2. The molecule has 164 valence electrons. The lowest BCUT2D eigenvalue weighted by molar-refractivity contribution is 0.0937. The fraction of sp³-hybridized carbons (Fsp3) is 0.259. The molecule has 4 rings (SSSR count). The number of nitrogens with one attached hydrogen (secondary N) is 1. The maximum absolute atomic E-state index is 12.8. The lowest BCUT2D eigenvalue weighted by Crippen LogP contribution is -2.29. The van der Waals surface area contributed by atoms with E-state index >= 15 is 0 Å². The van der Waals surface area contributed by atoms with Crippen LogP contribution in [0.5, 0.6) is 5.75 Å². The molecule has 0 saturated carbocycles. The zero-order valence-corrected chi connectivity index (χ0v) is 19.1. The van der Waals surface area contributed by atoms with Crippen molar-refractivity contribution in [2.24, 2.45) is 0 Å². The largest absolute Gasteiger partial charge is 0.491 e. The van der Waals surface area contributed by atoms with E-state index in [1.807, 2.05) is 62.4 Å². The van der Waals surface area contributed by atoms with Gasteiger partial charge in [-0.25, -0.2) is 4.98 Å². The zero-order chi connectivity index (χ0) is 22.7. The standard InChI is InChI=1S/C27H29N3O2/c1-18-9-7-12-22(17-18)27(31)28-21(4)26-29-23-13-5-6-14-24(23)30(26)15-16-32-25-19(2)10-8-11-20(25)3/h5-14,17,21H,15-16H2,1-4H3,(H,28,31). The van der Waals surface area contributed by atoms with Gasteiger partial charge in [0.1, 0.15) is 18.2 Å². The highest BCUT2D eigenvalue weighted by Crippen LogP contribution is 2.24. The van der Waals surface area contributed by atoms with Crippen molar-refractivity contribution < 1.29 is 9.53 Å². The highest BCUT2D eigenvalue weighted by molar-refractivity contribution is 5.94. The lowest BCUT2D eigenvalue weighted by Gasteiger charge is -2.18. The van der Waals surface area contributed by atoms with Crippen molar-refractivity contribution in [2.45, 2.75) is 40.3 Å². The first-order valence-electron chi connectivity index (χ1n) is 11.0. The van der Waals surface area contributed by atoms with Crippen LogP contribution in [0, 0.1) is 20.8 Å². The molecule has 5 heteroatoms. The number of carbonyl (C=O) groups is 1. The molecule has 1 aromatic heterocycles. The van der Waals surface area contributed by atoms with Crippen molar-refractivity contribution in [2.75, 3.05) is 6.61 Å². The van der Waals surface area contributed by atoms with Gasteiger partial charge in [-0.3, -0.25) is 4.79 Å². The molecular weight excluding hydrogens is 398 g/mol. The summed E-state index contributed by atoms with van der Waals surface area (Å²) in [5.74, 6) is 1.64. The fourth-order valence-electron chi connectivity index (χ4n) is 4.06. The Morgan fingerprint density at radius 3 is 2.47 bits per heavy atom. The van der Waals surface area contributed by atoms with Crippen molar-refractivity contribution in [1.82, 2.24) is 14.9 Å². The smallest absolute Gasteiger partial charge is 0.251 e. The monoisotopic (exact) mass is 427 g/mol. The molecule has 1 amide bonds. The Kier molecular flexibility index (Phi) is 6.26. The highest BCUT2D eigenvalue weighted by Gasteiger charge is 2.19. The number of ether oxygens (including phenoxy) is 1. The van der Waals surface area contributed by atoms with E-state index in [2.05, 4.69) is 41.9 Å². The van der Waals surface area contributed by atoms with Crippen LogP contribution in [0.4, 0.5) is 0 Å². The first-order chi connectivity index (χ1) is 15.4. The van der Waals surface area contributed by atoms with Crippen molar-refractivity contribution >= 4 is 16.9 Å². The molecule has 0 aliphatic carbocycles. The van der Waals surface area contributed by atoms with Gasteiger partial charge in [0.15, 0.2) is 0 Å². The number of carbonyl (C=O) groups excluding carboxylic acids is 1. The molecule has 1 N–H and O–H groups in total. The van der Waals surface area contributed by atoms with Gasteiger partial charge in [0, 0.05) is 5.56 Å². The van der Waals surface area contributed by atoms with Crippen molar-refractivity contribution in [1.29, 1.82) is 0 Å². The minimum Gasteiger partial charge on any atom is -0.491 e. The number of fused-ring (bicyclic) bond motifs is 1. The van der Waals surface area contributed by atoms with Crippen LogP contribution in [0.3, 0.4) is 0 Å². The van der Waals surface area contributed by atoms with Gasteiger partial charge < -0.3 is 14.6 Å². The van der Waals surface area contributed by atoms with E-state index in [1.54, 1.807) is 0 Å². The Labute approximate surface area is 189 Å². The van der Waals surface area contributed by atoms with Gasteiger partial charge in [-0.15, -0.1) is 0 Å². The number of nitrogens with zero attached hydrogens (tertiary/aromatic N) is 2. The molecule has 0 saturated heterocycles. The maximum Gasteiger partial charge on any atom is 0.251 e. The van der Waals surface area contributed by atoms with Crippen molar-refractivity contribution in [3.05, 3.63) is 94.8 Å². The minimum atomic E-state index is -0.254. The summed E-state index contributed by atoms with van der Waals surface area (Å²) in [5, 5.41) is 3.10. The van der Waals surface area contributed by atoms with Crippen molar-refractivity contribution in [3.8, 4) is 5.75 Å². The molecule has 4 aromatic rings. The van der Waals surface area contributed by atoms with E-state index < -0.39 is 0 Å². The third-order valence-corrected chi connectivity index (χ3v) is 5.67. The average molecular weight is 428 g/mol. The maximum atomic E-state index is 12.8. The number of benzene rings is 3. The summed E-state index contributed by atoms with van der Waals surface area (Å²) in [4.78, 5) is 17.6. The van der Waals surface area contributed by atoms with Gasteiger partial charge in [-0.05, 0) is 63.1 Å².